The second kappa shape index (κ2) is 8.57. The first-order chi connectivity index (χ1) is 9.31. The van der Waals surface area contributed by atoms with Gasteiger partial charge in [-0.1, -0.05) is 19.8 Å². The molecule has 3 N–H and O–H groups in total. The van der Waals surface area contributed by atoms with Crippen LogP contribution in [0.25, 0.3) is 0 Å². The van der Waals surface area contributed by atoms with Crippen LogP contribution in [0.2, 0.25) is 0 Å². The molecule has 0 aliphatic heterocycles. The van der Waals surface area contributed by atoms with Crippen molar-refractivity contribution in [2.24, 2.45) is 5.73 Å². The highest BCUT2D eigenvalue weighted by Gasteiger charge is 2.22. The number of hydrogen-bond donors (Lipinski definition) is 2. The molecule has 0 saturated heterocycles. The van der Waals surface area contributed by atoms with Crippen LogP contribution in [0, 0.1) is 17.5 Å². The van der Waals surface area contributed by atoms with E-state index in [0.717, 1.165) is 12.8 Å². The average molecular weight is 347 g/mol. The van der Waals surface area contributed by atoms with Crippen LogP contribution in [0.3, 0.4) is 0 Å². The summed E-state index contributed by atoms with van der Waals surface area (Å²) in [5.74, 6) is -4.81. The van der Waals surface area contributed by atoms with E-state index in [1.807, 2.05) is 6.92 Å². The Morgan fingerprint density at radius 2 is 1.76 bits per heavy atom. The highest BCUT2D eigenvalue weighted by Crippen LogP contribution is 2.18. The van der Waals surface area contributed by atoms with Gasteiger partial charge in [0.2, 0.25) is 10.0 Å². The molecule has 0 saturated carbocycles. The number of unbranched alkanes of at least 4 members (excludes halogenated alkanes) is 1. The van der Waals surface area contributed by atoms with Crippen LogP contribution >= 0.6 is 12.4 Å². The van der Waals surface area contributed by atoms with Crippen LogP contribution in [0.1, 0.15) is 26.2 Å². The molecule has 0 aromatic heterocycles. The zero-order valence-electron chi connectivity index (χ0n) is 11.4. The summed E-state index contributed by atoms with van der Waals surface area (Å²) in [5, 5.41) is 0. The van der Waals surface area contributed by atoms with Gasteiger partial charge < -0.3 is 5.73 Å². The molecule has 1 aromatic rings. The van der Waals surface area contributed by atoms with Crippen molar-refractivity contribution in [2.75, 3.05) is 6.54 Å². The van der Waals surface area contributed by atoms with Crippen LogP contribution in [-0.2, 0) is 10.0 Å². The fourth-order valence-electron chi connectivity index (χ4n) is 1.65. The SMILES string of the molecule is CCCCC(CN)NS(=O)(=O)c1cc(F)c(F)c(F)c1.Cl. The lowest BCUT2D eigenvalue weighted by molar-refractivity contribution is 0.441. The minimum Gasteiger partial charge on any atom is -0.329 e. The van der Waals surface area contributed by atoms with Gasteiger partial charge in [0.15, 0.2) is 17.5 Å². The molecule has 0 radical (unpaired) electrons. The Bertz CT molecular complexity index is 547. The molecule has 0 spiro atoms. The molecule has 21 heavy (non-hydrogen) atoms. The van der Waals surface area contributed by atoms with Crippen molar-refractivity contribution in [1.82, 2.24) is 4.72 Å². The number of halogens is 4. The lowest BCUT2D eigenvalue weighted by Gasteiger charge is -2.16. The monoisotopic (exact) mass is 346 g/mol. The molecule has 1 rings (SSSR count). The van der Waals surface area contributed by atoms with E-state index in [1.165, 1.54) is 0 Å². The van der Waals surface area contributed by atoms with E-state index >= 15 is 0 Å². The van der Waals surface area contributed by atoms with Gasteiger partial charge in [-0.25, -0.2) is 26.3 Å². The van der Waals surface area contributed by atoms with Crippen LogP contribution in [0.15, 0.2) is 17.0 Å². The summed E-state index contributed by atoms with van der Waals surface area (Å²) in [6, 6.07) is 0.346. The topological polar surface area (TPSA) is 72.2 Å². The molecule has 0 aliphatic rings. The largest absolute Gasteiger partial charge is 0.329 e. The first-order valence-corrected chi connectivity index (χ1v) is 7.67. The van der Waals surface area contributed by atoms with Gasteiger partial charge in [0.1, 0.15) is 0 Å². The normalized spacial score (nSPS) is 12.8. The third kappa shape index (κ3) is 5.46. The van der Waals surface area contributed by atoms with E-state index in [1.54, 1.807) is 0 Å². The Balaban J connectivity index is 0.00000400. The summed E-state index contributed by atoms with van der Waals surface area (Å²) in [4.78, 5) is -0.663. The molecular weight excluding hydrogens is 329 g/mol. The fraction of sp³-hybridized carbons (Fsp3) is 0.500. The highest BCUT2D eigenvalue weighted by atomic mass is 35.5. The van der Waals surface area contributed by atoms with E-state index in [9.17, 15) is 21.6 Å². The molecule has 1 aromatic carbocycles. The number of hydrogen-bond acceptors (Lipinski definition) is 3. The lowest BCUT2D eigenvalue weighted by Crippen LogP contribution is -2.40. The third-order valence-corrected chi connectivity index (χ3v) is 4.28. The molecule has 122 valence electrons. The van der Waals surface area contributed by atoms with Crippen molar-refractivity contribution >= 4 is 22.4 Å². The maximum Gasteiger partial charge on any atom is 0.241 e. The standard InChI is InChI=1S/C12H17F3N2O2S.ClH/c1-2-3-4-8(7-16)17-20(18,19)9-5-10(13)12(15)11(14)6-9;/h5-6,8,17H,2-4,7,16H2,1H3;1H. The van der Waals surface area contributed by atoms with Crippen molar-refractivity contribution in [3.8, 4) is 0 Å². The summed E-state index contributed by atoms with van der Waals surface area (Å²) in [5.41, 5.74) is 5.45. The number of nitrogens with one attached hydrogen (secondary N) is 1. The minimum absolute atomic E-state index is 0. The second-order valence-corrected chi connectivity index (χ2v) is 6.11. The van der Waals surface area contributed by atoms with Gasteiger partial charge in [-0.2, -0.15) is 0 Å². The summed E-state index contributed by atoms with van der Waals surface area (Å²) in [7, 11) is -4.14. The van der Waals surface area contributed by atoms with Crippen molar-refractivity contribution in [1.29, 1.82) is 0 Å². The van der Waals surface area contributed by atoms with E-state index in [0.29, 0.717) is 18.6 Å². The zero-order valence-corrected chi connectivity index (χ0v) is 13.0. The molecule has 9 heteroatoms. The summed E-state index contributed by atoms with van der Waals surface area (Å²) < 4.78 is 65.1. The Hall–Kier alpha value is -0.830. The van der Waals surface area contributed by atoms with Crippen molar-refractivity contribution in [2.45, 2.75) is 37.1 Å². The first-order valence-electron chi connectivity index (χ1n) is 6.18. The van der Waals surface area contributed by atoms with Crippen LogP contribution in [-0.4, -0.2) is 21.0 Å². The quantitative estimate of drug-likeness (QED) is 0.744. The molecule has 0 amide bonds. The van der Waals surface area contributed by atoms with Crippen LogP contribution in [0.5, 0.6) is 0 Å². The zero-order chi connectivity index (χ0) is 15.3. The maximum atomic E-state index is 13.1. The van der Waals surface area contributed by atoms with Gasteiger partial charge in [-0.05, 0) is 18.6 Å². The van der Waals surface area contributed by atoms with Crippen molar-refractivity contribution < 1.29 is 21.6 Å². The van der Waals surface area contributed by atoms with Gasteiger partial charge in [0, 0.05) is 12.6 Å². The van der Waals surface area contributed by atoms with E-state index < -0.39 is 38.4 Å². The smallest absolute Gasteiger partial charge is 0.241 e. The summed E-state index contributed by atoms with van der Waals surface area (Å²) >= 11 is 0. The molecule has 4 nitrogen and oxygen atoms in total. The van der Waals surface area contributed by atoms with E-state index in [-0.39, 0.29) is 19.0 Å². The Labute approximate surface area is 128 Å². The first kappa shape index (κ1) is 20.2. The number of rotatable bonds is 7. The Kier molecular flexibility index (Phi) is 8.23. The summed E-state index contributed by atoms with van der Waals surface area (Å²) in [6.45, 7) is 2.00. The fourth-order valence-corrected chi connectivity index (χ4v) is 2.96. The van der Waals surface area contributed by atoms with Crippen molar-refractivity contribution in [3.05, 3.63) is 29.6 Å². The molecule has 0 aliphatic carbocycles. The third-order valence-electron chi connectivity index (χ3n) is 2.78. The molecule has 0 heterocycles. The number of sulfonamides is 1. The number of nitrogens with two attached hydrogens (primary N) is 1. The van der Waals surface area contributed by atoms with Gasteiger partial charge in [-0.15, -0.1) is 12.4 Å². The van der Waals surface area contributed by atoms with Gasteiger partial charge in [0.25, 0.3) is 0 Å². The Morgan fingerprint density at radius 1 is 1.24 bits per heavy atom. The van der Waals surface area contributed by atoms with Gasteiger partial charge in [0.05, 0.1) is 4.90 Å². The maximum absolute atomic E-state index is 13.1. The predicted octanol–water partition coefficient (Wildman–Crippen LogP) is 2.32. The van der Waals surface area contributed by atoms with Crippen molar-refractivity contribution in [3.63, 3.8) is 0 Å². The van der Waals surface area contributed by atoms with E-state index in [2.05, 4.69) is 4.72 Å². The summed E-state index contributed by atoms with van der Waals surface area (Å²) in [6.07, 6.45) is 2.13. The molecular formula is C12H18ClF3N2O2S. The van der Waals surface area contributed by atoms with Crippen LogP contribution in [0.4, 0.5) is 13.2 Å². The highest BCUT2D eigenvalue weighted by molar-refractivity contribution is 7.89. The average Bonchev–Trinajstić information content (AvgIpc) is 2.40. The molecule has 0 bridgehead atoms. The second-order valence-electron chi connectivity index (χ2n) is 4.40. The van der Waals surface area contributed by atoms with Crippen LogP contribution < -0.4 is 10.5 Å². The minimum atomic E-state index is -4.14. The predicted molar refractivity (Wildman–Crippen MR) is 76.3 cm³/mol. The number of benzene rings is 1. The molecule has 1 unspecified atom stereocenters. The van der Waals surface area contributed by atoms with E-state index in [4.69, 9.17) is 5.73 Å². The Morgan fingerprint density at radius 3 is 2.19 bits per heavy atom. The van der Waals surface area contributed by atoms with Gasteiger partial charge >= 0.3 is 0 Å². The molecule has 1 atom stereocenters. The van der Waals surface area contributed by atoms with Gasteiger partial charge in [-0.3, -0.25) is 0 Å². The molecule has 0 fully saturated rings. The lowest BCUT2D eigenvalue weighted by atomic mass is 10.1.